The lowest BCUT2D eigenvalue weighted by molar-refractivity contribution is -0.156. The highest BCUT2D eigenvalue weighted by molar-refractivity contribution is 5.76. The van der Waals surface area contributed by atoms with Crippen molar-refractivity contribution >= 4 is 12.0 Å². The minimum absolute atomic E-state index is 0.0603. The van der Waals surface area contributed by atoms with E-state index in [0.717, 1.165) is 28.3 Å². The molecule has 2 heterocycles. The van der Waals surface area contributed by atoms with Crippen LogP contribution < -0.4 is 4.74 Å². The fourth-order valence-corrected chi connectivity index (χ4v) is 3.46. The molecule has 0 saturated carbocycles. The van der Waals surface area contributed by atoms with Crippen LogP contribution >= 0.6 is 0 Å². The predicted octanol–water partition coefficient (Wildman–Crippen LogP) is 4.27. The third-order valence-corrected chi connectivity index (χ3v) is 4.87. The standard InChI is InChI=1S/C23H27NO4/c1-14(2)21-11-15(3)24-23(16-5-7-18(27-4)8-6-16)20(21)10-9-19-12-17(25)13-22(26)28-19/h5-11,14,17,19,25H,12-13H2,1-4H3/t17-,19-/m1/s1. The van der Waals surface area contributed by atoms with Crippen molar-refractivity contribution in [3.05, 3.63) is 53.2 Å². The van der Waals surface area contributed by atoms with E-state index >= 15 is 0 Å². The van der Waals surface area contributed by atoms with E-state index in [1.54, 1.807) is 7.11 Å². The number of hydrogen-bond donors (Lipinski definition) is 1. The fourth-order valence-electron chi connectivity index (χ4n) is 3.46. The fraction of sp³-hybridized carbons (Fsp3) is 0.391. The average molecular weight is 381 g/mol. The van der Waals surface area contributed by atoms with Crippen LogP contribution in [0, 0.1) is 6.92 Å². The van der Waals surface area contributed by atoms with Gasteiger partial charge in [-0.2, -0.15) is 0 Å². The van der Waals surface area contributed by atoms with Gasteiger partial charge in [0.1, 0.15) is 11.9 Å². The Morgan fingerprint density at radius 2 is 2.00 bits per heavy atom. The topological polar surface area (TPSA) is 68.7 Å². The highest BCUT2D eigenvalue weighted by atomic mass is 16.5. The summed E-state index contributed by atoms with van der Waals surface area (Å²) in [6.45, 7) is 6.29. The molecule has 5 heteroatoms. The molecule has 1 aromatic carbocycles. The second kappa shape index (κ2) is 8.57. The molecule has 28 heavy (non-hydrogen) atoms. The molecule has 0 amide bonds. The van der Waals surface area contributed by atoms with Gasteiger partial charge < -0.3 is 14.6 Å². The lowest BCUT2D eigenvalue weighted by Crippen LogP contribution is -2.31. The molecule has 2 atom stereocenters. The lowest BCUT2D eigenvalue weighted by atomic mass is 9.92. The van der Waals surface area contributed by atoms with Crippen molar-refractivity contribution in [1.82, 2.24) is 4.98 Å². The zero-order valence-electron chi connectivity index (χ0n) is 16.8. The largest absolute Gasteiger partial charge is 0.497 e. The predicted molar refractivity (Wildman–Crippen MR) is 109 cm³/mol. The molecule has 5 nitrogen and oxygen atoms in total. The van der Waals surface area contributed by atoms with Crippen molar-refractivity contribution in [3.8, 4) is 17.0 Å². The van der Waals surface area contributed by atoms with Gasteiger partial charge in [-0.3, -0.25) is 9.78 Å². The number of pyridine rings is 1. The van der Waals surface area contributed by atoms with E-state index in [0.29, 0.717) is 12.3 Å². The number of cyclic esters (lactones) is 1. The van der Waals surface area contributed by atoms with Gasteiger partial charge in [0.05, 0.1) is 25.3 Å². The van der Waals surface area contributed by atoms with Crippen molar-refractivity contribution in [3.63, 3.8) is 0 Å². The van der Waals surface area contributed by atoms with Crippen molar-refractivity contribution in [2.45, 2.75) is 51.7 Å². The number of hydrogen-bond acceptors (Lipinski definition) is 5. The molecular formula is C23H27NO4. The van der Waals surface area contributed by atoms with Crippen LogP contribution in [0.4, 0.5) is 0 Å². The highest BCUT2D eigenvalue weighted by Crippen LogP contribution is 2.32. The Morgan fingerprint density at radius 1 is 1.29 bits per heavy atom. The van der Waals surface area contributed by atoms with Crippen LogP contribution in [-0.2, 0) is 9.53 Å². The molecule has 1 fully saturated rings. The van der Waals surface area contributed by atoms with Gasteiger partial charge in [0.15, 0.2) is 0 Å². The van der Waals surface area contributed by atoms with Gasteiger partial charge >= 0.3 is 5.97 Å². The number of nitrogens with zero attached hydrogens (tertiary/aromatic N) is 1. The van der Waals surface area contributed by atoms with Gasteiger partial charge in [-0.1, -0.05) is 19.9 Å². The molecule has 0 unspecified atom stereocenters. The number of aliphatic hydroxyl groups is 1. The Labute approximate surface area is 166 Å². The highest BCUT2D eigenvalue weighted by Gasteiger charge is 2.25. The Hall–Kier alpha value is -2.66. The number of rotatable bonds is 5. The molecule has 0 spiro atoms. The van der Waals surface area contributed by atoms with Crippen LogP contribution in [0.3, 0.4) is 0 Å². The second-order valence-electron chi connectivity index (χ2n) is 7.48. The van der Waals surface area contributed by atoms with E-state index in [-0.39, 0.29) is 12.4 Å². The van der Waals surface area contributed by atoms with Crippen LogP contribution in [0.1, 0.15) is 49.4 Å². The van der Waals surface area contributed by atoms with Crippen LogP contribution in [0.2, 0.25) is 0 Å². The summed E-state index contributed by atoms with van der Waals surface area (Å²) in [5.41, 5.74) is 5.00. The summed E-state index contributed by atoms with van der Waals surface area (Å²) in [7, 11) is 1.64. The zero-order valence-corrected chi connectivity index (χ0v) is 16.8. The average Bonchev–Trinajstić information content (AvgIpc) is 2.65. The number of aromatic nitrogens is 1. The van der Waals surface area contributed by atoms with Gasteiger partial charge in [0.25, 0.3) is 0 Å². The molecule has 3 rings (SSSR count). The summed E-state index contributed by atoms with van der Waals surface area (Å²) in [5.74, 6) is 0.730. The first-order valence-electron chi connectivity index (χ1n) is 9.59. The van der Waals surface area contributed by atoms with Crippen molar-refractivity contribution in [2.24, 2.45) is 0 Å². The molecule has 0 radical (unpaired) electrons. The van der Waals surface area contributed by atoms with Crippen molar-refractivity contribution < 1.29 is 19.4 Å². The molecule has 1 aromatic heterocycles. The smallest absolute Gasteiger partial charge is 0.309 e. The van der Waals surface area contributed by atoms with E-state index in [2.05, 4.69) is 19.9 Å². The molecule has 1 N–H and O–H groups in total. The van der Waals surface area contributed by atoms with E-state index in [9.17, 15) is 9.90 Å². The molecule has 1 aliphatic rings. The SMILES string of the molecule is COc1ccc(-c2nc(C)cc(C(C)C)c2C=C[C@@H]2C[C@@H](O)CC(=O)O2)cc1. The number of methoxy groups -OCH3 is 1. The van der Waals surface area contributed by atoms with E-state index in [1.165, 1.54) is 5.56 Å². The van der Waals surface area contributed by atoms with Gasteiger partial charge in [-0.25, -0.2) is 0 Å². The quantitative estimate of drug-likeness (QED) is 0.784. The lowest BCUT2D eigenvalue weighted by Gasteiger charge is -2.24. The number of ether oxygens (including phenoxy) is 2. The minimum Gasteiger partial charge on any atom is -0.497 e. The van der Waals surface area contributed by atoms with Gasteiger partial charge in [0.2, 0.25) is 0 Å². The zero-order chi connectivity index (χ0) is 20.3. The minimum atomic E-state index is -0.655. The van der Waals surface area contributed by atoms with Crippen molar-refractivity contribution in [2.75, 3.05) is 7.11 Å². The summed E-state index contributed by atoms with van der Waals surface area (Å²) in [6.07, 6.45) is 3.21. The number of esters is 1. The Balaban J connectivity index is 2.04. The molecule has 0 bridgehead atoms. The third-order valence-electron chi connectivity index (χ3n) is 4.87. The molecule has 148 valence electrons. The van der Waals surface area contributed by atoms with Crippen LogP contribution in [0.25, 0.3) is 17.3 Å². The van der Waals surface area contributed by atoms with Crippen LogP contribution in [0.5, 0.6) is 5.75 Å². The maximum Gasteiger partial charge on any atom is 0.309 e. The molecule has 0 aliphatic carbocycles. The number of aliphatic hydroxyl groups excluding tert-OH is 1. The Bertz CT molecular complexity index is 871. The van der Waals surface area contributed by atoms with Gasteiger partial charge in [-0.05, 0) is 54.8 Å². The maximum atomic E-state index is 11.6. The monoisotopic (exact) mass is 381 g/mol. The molecule has 1 saturated heterocycles. The molecular weight excluding hydrogens is 354 g/mol. The summed E-state index contributed by atoms with van der Waals surface area (Å²) < 4.78 is 10.6. The first-order chi connectivity index (χ1) is 13.4. The number of aryl methyl sites for hydroxylation is 1. The first-order valence-corrected chi connectivity index (χ1v) is 9.59. The second-order valence-corrected chi connectivity index (χ2v) is 7.48. The van der Waals surface area contributed by atoms with E-state index < -0.39 is 12.2 Å². The Morgan fingerprint density at radius 3 is 2.61 bits per heavy atom. The first kappa shape index (κ1) is 20.1. The van der Waals surface area contributed by atoms with Gasteiger partial charge in [0, 0.05) is 23.2 Å². The summed E-state index contributed by atoms with van der Waals surface area (Å²) >= 11 is 0. The Kier molecular flexibility index (Phi) is 6.15. The van der Waals surface area contributed by atoms with Gasteiger partial charge in [-0.15, -0.1) is 0 Å². The van der Waals surface area contributed by atoms with Crippen LogP contribution in [-0.4, -0.2) is 35.4 Å². The number of carbonyl (C=O) groups excluding carboxylic acids is 1. The normalized spacial score (nSPS) is 19.9. The van der Waals surface area contributed by atoms with E-state index in [4.69, 9.17) is 14.5 Å². The number of carbonyl (C=O) groups is 1. The van der Waals surface area contributed by atoms with Crippen molar-refractivity contribution in [1.29, 1.82) is 0 Å². The molecule has 1 aliphatic heterocycles. The summed E-state index contributed by atoms with van der Waals surface area (Å²) in [5, 5.41) is 9.85. The third kappa shape index (κ3) is 4.60. The summed E-state index contributed by atoms with van der Waals surface area (Å²) in [4.78, 5) is 16.4. The van der Waals surface area contributed by atoms with Crippen LogP contribution in [0.15, 0.2) is 36.4 Å². The maximum absolute atomic E-state index is 11.6. The molecule has 2 aromatic rings. The van der Waals surface area contributed by atoms with E-state index in [1.807, 2.05) is 43.3 Å². The summed E-state index contributed by atoms with van der Waals surface area (Å²) in [6, 6.07) is 9.92. The number of benzene rings is 1.